The van der Waals surface area contributed by atoms with Crippen molar-refractivity contribution in [2.75, 3.05) is 19.8 Å². The molecule has 2 aromatic heterocycles. The summed E-state index contributed by atoms with van der Waals surface area (Å²) in [6, 6.07) is 2.03. The number of aromatic nitrogens is 3. The van der Waals surface area contributed by atoms with Crippen molar-refractivity contribution >= 4 is 17.2 Å². The Kier molecular flexibility index (Phi) is 7.31. The molecule has 1 fully saturated rings. The van der Waals surface area contributed by atoms with Gasteiger partial charge < -0.3 is 14.8 Å². The first kappa shape index (κ1) is 25.0. The second-order valence-electron chi connectivity index (χ2n) is 8.18. The predicted octanol–water partition coefficient (Wildman–Crippen LogP) is 4.97. The van der Waals surface area contributed by atoms with E-state index in [0.717, 1.165) is 23.7 Å². The first-order chi connectivity index (χ1) is 16.6. The van der Waals surface area contributed by atoms with Crippen molar-refractivity contribution in [1.29, 1.82) is 0 Å². The molecule has 1 aromatic carbocycles. The number of amides is 1. The Morgan fingerprint density at radius 3 is 2.60 bits per heavy atom. The number of hydrogen-bond donors (Lipinski definition) is 1. The maximum absolute atomic E-state index is 15.5. The van der Waals surface area contributed by atoms with Gasteiger partial charge in [-0.25, -0.2) is 19.3 Å². The lowest BCUT2D eigenvalue weighted by molar-refractivity contribution is -0.145. The molecule has 0 saturated carbocycles. The minimum atomic E-state index is -4.68. The lowest BCUT2D eigenvalue weighted by Gasteiger charge is -2.17. The number of aryl methyl sites for hydroxylation is 1. The SMILES string of the molecule is Cc1cnc(-c2cc(OC[C@@H]3CCOC3)cc(C(=O)N[C@H](C)c3cnc(C(F)(F)F)nc3)c2F)s1. The van der Waals surface area contributed by atoms with Crippen molar-refractivity contribution in [2.45, 2.75) is 32.5 Å². The summed E-state index contributed by atoms with van der Waals surface area (Å²) < 4.78 is 64.8. The molecule has 0 bridgehead atoms. The third-order valence-electron chi connectivity index (χ3n) is 5.43. The summed E-state index contributed by atoms with van der Waals surface area (Å²) >= 11 is 1.27. The molecule has 1 aliphatic heterocycles. The van der Waals surface area contributed by atoms with E-state index in [9.17, 15) is 18.0 Å². The third kappa shape index (κ3) is 5.93. The van der Waals surface area contributed by atoms with Crippen LogP contribution in [0.4, 0.5) is 17.6 Å². The molecule has 4 rings (SSSR count). The summed E-state index contributed by atoms with van der Waals surface area (Å²) in [7, 11) is 0. The van der Waals surface area contributed by atoms with Crippen molar-refractivity contribution in [3.8, 4) is 16.3 Å². The third-order valence-corrected chi connectivity index (χ3v) is 6.37. The number of nitrogens with one attached hydrogen (secondary N) is 1. The Balaban J connectivity index is 1.58. The number of halogens is 4. The van der Waals surface area contributed by atoms with Gasteiger partial charge in [0.05, 0.1) is 30.4 Å². The number of thiazole rings is 1. The maximum atomic E-state index is 15.5. The van der Waals surface area contributed by atoms with Gasteiger partial charge in [0.25, 0.3) is 5.91 Å². The highest BCUT2D eigenvalue weighted by Gasteiger charge is 2.34. The van der Waals surface area contributed by atoms with Crippen LogP contribution in [0.5, 0.6) is 5.75 Å². The fourth-order valence-electron chi connectivity index (χ4n) is 3.48. The smallest absolute Gasteiger partial charge is 0.451 e. The average Bonchev–Trinajstić information content (AvgIpc) is 3.49. The van der Waals surface area contributed by atoms with Gasteiger partial charge in [-0.2, -0.15) is 13.2 Å². The van der Waals surface area contributed by atoms with Crippen LogP contribution in [-0.4, -0.2) is 40.7 Å². The number of carbonyl (C=O) groups excluding carboxylic acids is 1. The largest absolute Gasteiger partial charge is 0.493 e. The molecule has 2 atom stereocenters. The zero-order valence-corrected chi connectivity index (χ0v) is 19.7. The van der Waals surface area contributed by atoms with Gasteiger partial charge in [-0.15, -0.1) is 11.3 Å². The van der Waals surface area contributed by atoms with E-state index in [4.69, 9.17) is 9.47 Å². The monoisotopic (exact) mass is 510 g/mol. The summed E-state index contributed by atoms with van der Waals surface area (Å²) in [4.78, 5) is 24.7. The highest BCUT2D eigenvalue weighted by molar-refractivity contribution is 7.14. The average molecular weight is 511 g/mol. The van der Waals surface area contributed by atoms with Crippen LogP contribution in [0.3, 0.4) is 0 Å². The Morgan fingerprint density at radius 1 is 1.26 bits per heavy atom. The fourth-order valence-corrected chi connectivity index (χ4v) is 4.25. The van der Waals surface area contributed by atoms with E-state index >= 15 is 4.39 Å². The van der Waals surface area contributed by atoms with Gasteiger partial charge in [-0.3, -0.25) is 4.79 Å². The fraction of sp³-hybridized carbons (Fsp3) is 0.391. The van der Waals surface area contributed by atoms with Gasteiger partial charge in [0.1, 0.15) is 16.6 Å². The van der Waals surface area contributed by atoms with Crippen LogP contribution in [0, 0.1) is 18.7 Å². The highest BCUT2D eigenvalue weighted by atomic mass is 32.1. The van der Waals surface area contributed by atoms with Crippen molar-refractivity contribution < 1.29 is 31.8 Å². The summed E-state index contributed by atoms with van der Waals surface area (Å²) in [5, 5.41) is 2.98. The van der Waals surface area contributed by atoms with Gasteiger partial charge in [-0.1, -0.05) is 0 Å². The lowest BCUT2D eigenvalue weighted by atomic mass is 10.1. The maximum Gasteiger partial charge on any atom is 0.451 e. The zero-order valence-electron chi connectivity index (χ0n) is 18.9. The van der Waals surface area contributed by atoms with E-state index in [1.807, 2.05) is 6.92 Å². The van der Waals surface area contributed by atoms with Gasteiger partial charge in [-0.05, 0) is 32.4 Å². The normalized spacial score (nSPS) is 16.8. The first-order valence-electron chi connectivity index (χ1n) is 10.8. The molecule has 3 aromatic rings. The molecule has 7 nitrogen and oxygen atoms in total. The molecule has 3 heterocycles. The van der Waals surface area contributed by atoms with Crippen LogP contribution >= 0.6 is 11.3 Å². The van der Waals surface area contributed by atoms with E-state index in [0.29, 0.717) is 30.6 Å². The Hall–Kier alpha value is -3.12. The molecule has 1 aliphatic rings. The minimum absolute atomic E-state index is 0.124. The lowest BCUT2D eigenvalue weighted by Crippen LogP contribution is -2.28. The number of hydrogen-bond acceptors (Lipinski definition) is 7. The molecule has 1 saturated heterocycles. The van der Waals surface area contributed by atoms with Crippen LogP contribution < -0.4 is 10.1 Å². The molecule has 0 aliphatic carbocycles. The molecule has 12 heteroatoms. The summed E-state index contributed by atoms with van der Waals surface area (Å²) in [6.45, 7) is 4.94. The number of rotatable bonds is 7. The number of ether oxygens (including phenoxy) is 2. The minimum Gasteiger partial charge on any atom is -0.493 e. The van der Waals surface area contributed by atoms with Crippen LogP contribution in [0.25, 0.3) is 10.6 Å². The molecule has 35 heavy (non-hydrogen) atoms. The van der Waals surface area contributed by atoms with Crippen molar-refractivity contribution in [3.63, 3.8) is 0 Å². The molecule has 0 radical (unpaired) electrons. The standard InChI is InChI=1S/C23H22F4N4O3S/c1-12-7-28-21(35-12)18-6-16(34-11-14-3-4-33-10-14)5-17(19(18)24)20(32)31-13(2)15-8-29-22(30-9-15)23(25,26)27/h5-9,13-14H,3-4,10-11H2,1-2H3,(H,31,32)/t13-,14-/m1/s1. The van der Waals surface area contributed by atoms with Gasteiger partial charge in [0, 0.05) is 41.6 Å². The first-order valence-corrected chi connectivity index (χ1v) is 11.6. The van der Waals surface area contributed by atoms with Gasteiger partial charge in [0.2, 0.25) is 5.82 Å². The zero-order chi connectivity index (χ0) is 25.2. The van der Waals surface area contributed by atoms with E-state index in [1.165, 1.54) is 30.4 Å². The van der Waals surface area contributed by atoms with E-state index in [2.05, 4.69) is 20.3 Å². The van der Waals surface area contributed by atoms with Crippen molar-refractivity contribution in [1.82, 2.24) is 20.3 Å². The predicted molar refractivity (Wildman–Crippen MR) is 120 cm³/mol. The highest BCUT2D eigenvalue weighted by Crippen LogP contribution is 2.33. The Labute approximate surface area is 202 Å². The van der Waals surface area contributed by atoms with Crippen LogP contribution in [0.1, 0.15) is 46.0 Å². The molecular formula is C23H22F4N4O3S. The van der Waals surface area contributed by atoms with E-state index < -0.39 is 29.8 Å². The molecule has 0 spiro atoms. The molecule has 1 amide bonds. The second kappa shape index (κ2) is 10.2. The second-order valence-corrected chi connectivity index (χ2v) is 9.42. The summed E-state index contributed by atoms with van der Waals surface area (Å²) in [5.41, 5.74) is 0.0859. The number of benzene rings is 1. The van der Waals surface area contributed by atoms with Gasteiger partial charge >= 0.3 is 6.18 Å². The molecule has 0 unspecified atom stereocenters. The molecular weight excluding hydrogens is 488 g/mol. The van der Waals surface area contributed by atoms with Crippen LogP contribution in [-0.2, 0) is 10.9 Å². The number of alkyl halides is 3. The summed E-state index contributed by atoms with van der Waals surface area (Å²) in [6.07, 6.45) is -0.271. The molecule has 186 valence electrons. The topological polar surface area (TPSA) is 86.2 Å². The van der Waals surface area contributed by atoms with Crippen LogP contribution in [0.2, 0.25) is 0 Å². The van der Waals surface area contributed by atoms with E-state index in [1.54, 1.807) is 6.20 Å². The number of nitrogens with zero attached hydrogens (tertiary/aromatic N) is 3. The summed E-state index contributed by atoms with van der Waals surface area (Å²) in [5.74, 6) is -2.32. The van der Waals surface area contributed by atoms with Gasteiger partial charge in [0.15, 0.2) is 0 Å². The number of carbonyl (C=O) groups is 1. The van der Waals surface area contributed by atoms with Crippen LogP contribution in [0.15, 0.2) is 30.7 Å². The van der Waals surface area contributed by atoms with Crippen molar-refractivity contribution in [3.05, 3.63) is 58.4 Å². The molecule has 1 N–H and O–H groups in total. The van der Waals surface area contributed by atoms with E-state index in [-0.39, 0.29) is 22.6 Å². The quantitative estimate of drug-likeness (QED) is 0.452. The van der Waals surface area contributed by atoms with Crippen molar-refractivity contribution in [2.24, 2.45) is 5.92 Å². The Morgan fingerprint density at radius 2 is 2.00 bits per heavy atom. The Bertz CT molecular complexity index is 1190.